The fourth-order valence-corrected chi connectivity index (χ4v) is 4.48. The smallest absolute Gasteiger partial charge is 0.242 e. The Morgan fingerprint density at radius 2 is 1.92 bits per heavy atom. The Morgan fingerprint density at radius 3 is 2.52 bits per heavy atom. The van der Waals surface area contributed by atoms with Crippen molar-refractivity contribution in [2.45, 2.75) is 50.0 Å². The van der Waals surface area contributed by atoms with Gasteiger partial charge in [0, 0.05) is 32.1 Å². The Balaban J connectivity index is 2.22. The molecule has 0 saturated carbocycles. The van der Waals surface area contributed by atoms with Crippen molar-refractivity contribution in [2.75, 3.05) is 14.1 Å². The molecule has 0 fully saturated rings. The number of hydrogen-bond acceptors (Lipinski definition) is 4. The van der Waals surface area contributed by atoms with Gasteiger partial charge in [-0.05, 0) is 37.5 Å². The second-order valence-electron chi connectivity index (χ2n) is 6.79. The van der Waals surface area contributed by atoms with Gasteiger partial charge in [0.15, 0.2) is 5.16 Å². The summed E-state index contributed by atoms with van der Waals surface area (Å²) in [6.45, 7) is 9.45. The molecule has 0 unspecified atom stereocenters. The Morgan fingerprint density at radius 1 is 1.24 bits per heavy atom. The maximum Gasteiger partial charge on any atom is 0.242 e. The molecule has 0 N–H and O–H groups in total. The van der Waals surface area contributed by atoms with Crippen molar-refractivity contribution < 1.29 is 8.42 Å². The predicted molar refractivity (Wildman–Crippen MR) is 103 cm³/mol. The summed E-state index contributed by atoms with van der Waals surface area (Å²) in [5.74, 6) is 1.23. The van der Waals surface area contributed by atoms with Crippen LogP contribution >= 0.6 is 11.8 Å². The molecule has 0 saturated heterocycles. The lowest BCUT2D eigenvalue weighted by Gasteiger charge is -2.13. The van der Waals surface area contributed by atoms with E-state index in [9.17, 15) is 8.42 Å². The average Bonchev–Trinajstić information content (AvgIpc) is 2.80. The molecule has 0 spiro atoms. The minimum absolute atomic E-state index is 0.327. The zero-order valence-electron chi connectivity index (χ0n) is 15.8. The molecule has 1 aromatic heterocycles. The molecule has 0 aliphatic heterocycles. The van der Waals surface area contributed by atoms with Gasteiger partial charge in [-0.2, -0.15) is 0 Å². The van der Waals surface area contributed by atoms with Crippen molar-refractivity contribution in [1.82, 2.24) is 13.9 Å². The Kier molecular flexibility index (Phi) is 6.35. The van der Waals surface area contributed by atoms with Gasteiger partial charge in [-0.15, -0.1) is 0 Å². The minimum Gasteiger partial charge on any atom is -0.323 e. The molecular formula is C18H27N3O2S2. The van der Waals surface area contributed by atoms with Crippen LogP contribution in [-0.4, -0.2) is 36.4 Å². The molecule has 2 aromatic rings. The quantitative estimate of drug-likeness (QED) is 0.686. The number of imidazole rings is 1. The summed E-state index contributed by atoms with van der Waals surface area (Å²) in [6, 6.07) is 7.13. The molecule has 1 heterocycles. The van der Waals surface area contributed by atoms with Crippen LogP contribution in [0.15, 0.2) is 34.3 Å². The molecule has 5 nitrogen and oxygen atoms in total. The van der Waals surface area contributed by atoms with E-state index in [0.29, 0.717) is 16.6 Å². The van der Waals surface area contributed by atoms with Gasteiger partial charge in [-0.3, -0.25) is 0 Å². The van der Waals surface area contributed by atoms with Gasteiger partial charge in [0.05, 0.1) is 10.6 Å². The van der Waals surface area contributed by atoms with E-state index in [2.05, 4.69) is 30.3 Å². The Labute approximate surface area is 155 Å². The number of aromatic nitrogens is 2. The molecule has 0 amide bonds. The lowest BCUT2D eigenvalue weighted by Crippen LogP contribution is -2.22. The standard InChI is InChI=1S/C18H27N3O2S2/c1-13(2)11-21-15(4)14(3)19-18(21)24-12-16-8-7-9-17(10-16)25(22,23)20(5)6/h7-10,13H,11-12H2,1-6H3. The highest BCUT2D eigenvalue weighted by Gasteiger charge is 2.18. The summed E-state index contributed by atoms with van der Waals surface area (Å²) in [5, 5.41) is 0.990. The van der Waals surface area contributed by atoms with Crippen molar-refractivity contribution in [3.63, 3.8) is 0 Å². The maximum absolute atomic E-state index is 12.3. The van der Waals surface area contributed by atoms with Gasteiger partial charge in [0.25, 0.3) is 0 Å². The number of nitrogens with zero attached hydrogens (tertiary/aromatic N) is 3. The normalized spacial score (nSPS) is 12.3. The molecule has 138 valence electrons. The van der Waals surface area contributed by atoms with Crippen LogP contribution in [0, 0.1) is 19.8 Å². The van der Waals surface area contributed by atoms with Crippen LogP contribution < -0.4 is 0 Å². The van der Waals surface area contributed by atoms with Crippen LogP contribution in [0.1, 0.15) is 30.8 Å². The maximum atomic E-state index is 12.3. The SMILES string of the molecule is Cc1nc(SCc2cccc(S(=O)(=O)N(C)C)c2)n(CC(C)C)c1C. The van der Waals surface area contributed by atoms with Crippen LogP contribution in [-0.2, 0) is 22.3 Å². The highest BCUT2D eigenvalue weighted by atomic mass is 32.2. The van der Waals surface area contributed by atoms with Crippen LogP contribution in [0.25, 0.3) is 0 Å². The zero-order valence-corrected chi connectivity index (χ0v) is 17.4. The first-order valence-electron chi connectivity index (χ1n) is 8.31. The Hall–Kier alpha value is -1.31. The molecule has 0 radical (unpaired) electrons. The second kappa shape index (κ2) is 7.93. The first-order chi connectivity index (χ1) is 11.6. The monoisotopic (exact) mass is 381 g/mol. The fourth-order valence-electron chi connectivity index (χ4n) is 2.47. The third-order valence-corrected chi connectivity index (χ3v) is 6.87. The second-order valence-corrected chi connectivity index (χ2v) is 9.89. The van der Waals surface area contributed by atoms with E-state index in [0.717, 1.165) is 23.0 Å². The summed E-state index contributed by atoms with van der Waals surface area (Å²) in [6.07, 6.45) is 0. The first-order valence-corrected chi connectivity index (χ1v) is 10.7. The number of hydrogen-bond donors (Lipinski definition) is 0. The van der Waals surface area contributed by atoms with E-state index >= 15 is 0 Å². The highest BCUT2D eigenvalue weighted by Crippen LogP contribution is 2.26. The van der Waals surface area contributed by atoms with Crippen molar-refractivity contribution in [3.05, 3.63) is 41.2 Å². The van der Waals surface area contributed by atoms with E-state index in [1.165, 1.54) is 10.00 Å². The molecule has 7 heteroatoms. The van der Waals surface area contributed by atoms with Crippen molar-refractivity contribution in [2.24, 2.45) is 5.92 Å². The van der Waals surface area contributed by atoms with Crippen molar-refractivity contribution >= 4 is 21.8 Å². The Bertz CT molecular complexity index is 840. The predicted octanol–water partition coefficient (Wildman–Crippen LogP) is 3.70. The minimum atomic E-state index is -3.41. The summed E-state index contributed by atoms with van der Waals surface area (Å²) in [7, 11) is -0.312. The van der Waals surface area contributed by atoms with Crippen molar-refractivity contribution in [1.29, 1.82) is 0 Å². The molecule has 0 aliphatic carbocycles. The summed E-state index contributed by atoms with van der Waals surface area (Å²) in [5.41, 5.74) is 3.22. The van der Waals surface area contributed by atoms with Gasteiger partial charge < -0.3 is 4.57 Å². The van der Waals surface area contributed by atoms with E-state index < -0.39 is 10.0 Å². The molecule has 0 bridgehead atoms. The van der Waals surface area contributed by atoms with Crippen LogP contribution in [0.5, 0.6) is 0 Å². The van der Waals surface area contributed by atoms with Gasteiger partial charge >= 0.3 is 0 Å². The van der Waals surface area contributed by atoms with E-state index in [-0.39, 0.29) is 0 Å². The molecule has 25 heavy (non-hydrogen) atoms. The van der Waals surface area contributed by atoms with Crippen LogP contribution in [0.2, 0.25) is 0 Å². The first kappa shape index (κ1) is 20.0. The summed E-state index contributed by atoms with van der Waals surface area (Å²) in [4.78, 5) is 5.00. The summed E-state index contributed by atoms with van der Waals surface area (Å²) < 4.78 is 28.1. The number of aryl methyl sites for hydroxylation is 1. The topological polar surface area (TPSA) is 55.2 Å². The van der Waals surface area contributed by atoms with Gasteiger partial charge in [0.2, 0.25) is 10.0 Å². The molecule has 0 aliphatic rings. The zero-order chi connectivity index (χ0) is 18.8. The lowest BCUT2D eigenvalue weighted by atomic mass is 10.2. The highest BCUT2D eigenvalue weighted by molar-refractivity contribution is 7.98. The van der Waals surface area contributed by atoms with Crippen LogP contribution in [0.3, 0.4) is 0 Å². The molecule has 1 aromatic carbocycles. The number of thioether (sulfide) groups is 1. The number of benzene rings is 1. The average molecular weight is 382 g/mol. The van der Waals surface area contributed by atoms with E-state index in [1.807, 2.05) is 13.0 Å². The third kappa shape index (κ3) is 4.65. The number of rotatable bonds is 7. The van der Waals surface area contributed by atoms with E-state index in [1.54, 1.807) is 44.1 Å². The molecular weight excluding hydrogens is 354 g/mol. The lowest BCUT2D eigenvalue weighted by molar-refractivity contribution is 0.486. The largest absolute Gasteiger partial charge is 0.323 e. The van der Waals surface area contributed by atoms with Crippen molar-refractivity contribution in [3.8, 4) is 0 Å². The third-order valence-electron chi connectivity index (χ3n) is 4.02. The van der Waals surface area contributed by atoms with Gasteiger partial charge in [-0.25, -0.2) is 17.7 Å². The van der Waals surface area contributed by atoms with Gasteiger partial charge in [-0.1, -0.05) is 37.7 Å². The molecule has 2 rings (SSSR count). The summed E-state index contributed by atoms with van der Waals surface area (Å²) >= 11 is 1.65. The van der Waals surface area contributed by atoms with Gasteiger partial charge in [0.1, 0.15) is 0 Å². The molecule has 0 atom stereocenters. The van der Waals surface area contributed by atoms with E-state index in [4.69, 9.17) is 0 Å². The fraction of sp³-hybridized carbons (Fsp3) is 0.500. The van der Waals surface area contributed by atoms with Crippen LogP contribution in [0.4, 0.5) is 0 Å². The number of sulfonamides is 1.